The maximum atomic E-state index is 9.84. The van der Waals surface area contributed by atoms with E-state index in [9.17, 15) is 5.26 Å². The summed E-state index contributed by atoms with van der Waals surface area (Å²) in [5.41, 5.74) is 5.53. The molecule has 4 rings (SSSR count). The van der Waals surface area contributed by atoms with Crippen molar-refractivity contribution in [3.63, 3.8) is 0 Å². The van der Waals surface area contributed by atoms with Crippen molar-refractivity contribution in [3.8, 4) is 6.07 Å². The molecule has 1 aliphatic carbocycles. The molecule has 1 aromatic rings. The standard InChI is InChI=1S/C26H34N4O/c1-28-10-3-11-29(13-12-28)21-23-7-9-26(25(18-23)19-27)24-5-2-4-22(6-8-24)20-30-14-16-31-17-15-30/h4-9,18H,2-3,10-17,20-21H2,1H3. The van der Waals surface area contributed by atoms with E-state index >= 15 is 0 Å². The average Bonchev–Trinajstić information content (AvgIpc) is 3.15. The van der Waals surface area contributed by atoms with Crippen molar-refractivity contribution in [1.82, 2.24) is 14.7 Å². The number of nitrogens with zero attached hydrogens (tertiary/aromatic N) is 4. The number of nitriles is 1. The van der Waals surface area contributed by atoms with Crippen molar-refractivity contribution >= 4 is 5.57 Å². The van der Waals surface area contributed by atoms with E-state index in [0.717, 1.165) is 82.1 Å². The van der Waals surface area contributed by atoms with Crippen molar-refractivity contribution in [1.29, 1.82) is 5.26 Å². The summed E-state index contributed by atoms with van der Waals surface area (Å²) in [6, 6.07) is 8.88. The molecular formula is C26H34N4O. The summed E-state index contributed by atoms with van der Waals surface area (Å²) in [4.78, 5) is 7.35. The zero-order chi connectivity index (χ0) is 21.5. The second kappa shape index (κ2) is 10.9. The Balaban J connectivity index is 1.42. The van der Waals surface area contributed by atoms with Crippen LogP contribution in [0.5, 0.6) is 0 Å². The number of likely N-dealkylation sites (N-methyl/N-ethyl adjacent to an activating group) is 1. The summed E-state index contributed by atoms with van der Waals surface area (Å²) < 4.78 is 5.46. The van der Waals surface area contributed by atoms with Gasteiger partial charge in [-0.1, -0.05) is 36.4 Å². The van der Waals surface area contributed by atoms with E-state index in [1.165, 1.54) is 24.1 Å². The number of ether oxygens (including phenoxy) is 1. The van der Waals surface area contributed by atoms with Gasteiger partial charge in [0.25, 0.3) is 0 Å². The van der Waals surface area contributed by atoms with Crippen LogP contribution in [0.2, 0.25) is 0 Å². The maximum absolute atomic E-state index is 9.84. The van der Waals surface area contributed by atoms with E-state index in [4.69, 9.17) is 4.74 Å². The lowest BCUT2D eigenvalue weighted by Crippen LogP contribution is -2.37. The van der Waals surface area contributed by atoms with Gasteiger partial charge >= 0.3 is 0 Å². The Kier molecular flexibility index (Phi) is 7.71. The predicted molar refractivity (Wildman–Crippen MR) is 126 cm³/mol. The average molecular weight is 419 g/mol. The molecule has 0 radical (unpaired) electrons. The molecule has 0 spiro atoms. The molecule has 31 heavy (non-hydrogen) atoms. The highest BCUT2D eigenvalue weighted by Gasteiger charge is 2.15. The van der Waals surface area contributed by atoms with Crippen LogP contribution in [0.15, 0.2) is 48.1 Å². The first-order valence-corrected chi connectivity index (χ1v) is 11.5. The molecule has 0 atom stereocenters. The molecular weight excluding hydrogens is 384 g/mol. The Morgan fingerprint density at radius 3 is 2.61 bits per heavy atom. The smallest absolute Gasteiger partial charge is 0.0998 e. The molecule has 2 fully saturated rings. The maximum Gasteiger partial charge on any atom is 0.0998 e. The third kappa shape index (κ3) is 6.15. The van der Waals surface area contributed by atoms with Gasteiger partial charge in [0.2, 0.25) is 0 Å². The molecule has 2 heterocycles. The number of hydrogen-bond acceptors (Lipinski definition) is 5. The molecule has 0 N–H and O–H groups in total. The highest BCUT2D eigenvalue weighted by molar-refractivity contribution is 5.79. The van der Waals surface area contributed by atoms with Crippen molar-refractivity contribution in [3.05, 3.63) is 64.8 Å². The van der Waals surface area contributed by atoms with Gasteiger partial charge in [0.05, 0.1) is 24.8 Å². The summed E-state index contributed by atoms with van der Waals surface area (Å²) in [6.07, 6.45) is 11.0. The van der Waals surface area contributed by atoms with Gasteiger partial charge in [0.15, 0.2) is 0 Å². The van der Waals surface area contributed by atoms with Gasteiger partial charge in [0.1, 0.15) is 0 Å². The molecule has 5 heteroatoms. The van der Waals surface area contributed by atoms with Crippen LogP contribution in [0.1, 0.15) is 29.5 Å². The normalized spacial score (nSPS) is 21.7. The third-order valence-electron chi connectivity index (χ3n) is 6.44. The Morgan fingerprint density at radius 1 is 0.935 bits per heavy atom. The SMILES string of the molecule is CN1CCCN(Cc2ccc(C3=CCC=C(CN4CCOCC4)C=C3)c(C#N)c2)CC1. The van der Waals surface area contributed by atoms with Gasteiger partial charge in [-0.3, -0.25) is 9.80 Å². The number of hydrogen-bond donors (Lipinski definition) is 0. The second-order valence-electron chi connectivity index (χ2n) is 8.82. The van der Waals surface area contributed by atoms with Crippen LogP contribution in [0.3, 0.4) is 0 Å². The van der Waals surface area contributed by atoms with Crippen LogP contribution in [0.4, 0.5) is 0 Å². The molecule has 2 saturated heterocycles. The highest BCUT2D eigenvalue weighted by Crippen LogP contribution is 2.25. The lowest BCUT2D eigenvalue weighted by molar-refractivity contribution is 0.0426. The first-order chi connectivity index (χ1) is 15.2. The zero-order valence-corrected chi connectivity index (χ0v) is 18.7. The van der Waals surface area contributed by atoms with Gasteiger partial charge in [-0.25, -0.2) is 0 Å². The van der Waals surface area contributed by atoms with E-state index in [1.54, 1.807) is 0 Å². The van der Waals surface area contributed by atoms with E-state index in [-0.39, 0.29) is 0 Å². The molecule has 0 unspecified atom stereocenters. The lowest BCUT2D eigenvalue weighted by atomic mass is 9.97. The summed E-state index contributed by atoms with van der Waals surface area (Å²) in [7, 11) is 2.20. The molecule has 1 aromatic carbocycles. The Bertz CT molecular complexity index is 889. The number of allylic oxidation sites excluding steroid dienone is 4. The fourth-order valence-electron chi connectivity index (χ4n) is 4.55. The zero-order valence-electron chi connectivity index (χ0n) is 18.7. The van der Waals surface area contributed by atoms with Crippen LogP contribution >= 0.6 is 0 Å². The Hall–Kier alpha value is -2.23. The van der Waals surface area contributed by atoms with E-state index < -0.39 is 0 Å². The van der Waals surface area contributed by atoms with Crippen molar-refractivity contribution < 1.29 is 4.74 Å². The molecule has 0 bridgehead atoms. The number of rotatable bonds is 5. The van der Waals surface area contributed by atoms with E-state index in [1.807, 2.05) is 0 Å². The highest BCUT2D eigenvalue weighted by atomic mass is 16.5. The summed E-state index contributed by atoms with van der Waals surface area (Å²) in [6.45, 7) is 10.0. The molecule has 3 aliphatic rings. The van der Waals surface area contributed by atoms with Gasteiger partial charge in [0, 0.05) is 39.3 Å². The van der Waals surface area contributed by atoms with E-state index in [0.29, 0.717) is 0 Å². The fraction of sp³-hybridized carbons (Fsp3) is 0.500. The summed E-state index contributed by atoms with van der Waals surface area (Å²) >= 11 is 0. The monoisotopic (exact) mass is 418 g/mol. The minimum absolute atomic E-state index is 0.775. The van der Waals surface area contributed by atoms with Crippen LogP contribution in [0, 0.1) is 11.3 Å². The Labute approximate surface area is 186 Å². The molecule has 0 amide bonds. The lowest BCUT2D eigenvalue weighted by Gasteiger charge is -2.26. The van der Waals surface area contributed by atoms with Crippen molar-refractivity contribution in [2.75, 3.05) is 66.1 Å². The summed E-state index contributed by atoms with van der Waals surface area (Å²) in [5.74, 6) is 0. The largest absolute Gasteiger partial charge is 0.379 e. The predicted octanol–water partition coefficient (Wildman–Crippen LogP) is 3.30. The molecule has 0 aromatic heterocycles. The first kappa shape index (κ1) is 22.0. The second-order valence-corrected chi connectivity index (χ2v) is 8.82. The molecule has 0 saturated carbocycles. The fourth-order valence-corrected chi connectivity index (χ4v) is 4.55. The minimum atomic E-state index is 0.775. The number of benzene rings is 1. The van der Waals surface area contributed by atoms with Crippen LogP contribution < -0.4 is 0 Å². The van der Waals surface area contributed by atoms with Crippen molar-refractivity contribution in [2.45, 2.75) is 19.4 Å². The topological polar surface area (TPSA) is 42.7 Å². The molecule has 2 aliphatic heterocycles. The van der Waals surface area contributed by atoms with Crippen LogP contribution in [-0.2, 0) is 11.3 Å². The van der Waals surface area contributed by atoms with Gasteiger partial charge in [-0.05, 0) is 61.3 Å². The summed E-state index contributed by atoms with van der Waals surface area (Å²) in [5, 5.41) is 9.84. The third-order valence-corrected chi connectivity index (χ3v) is 6.44. The van der Waals surface area contributed by atoms with Crippen LogP contribution in [0.25, 0.3) is 5.57 Å². The minimum Gasteiger partial charge on any atom is -0.379 e. The molecule has 164 valence electrons. The van der Waals surface area contributed by atoms with Gasteiger partial charge in [-0.2, -0.15) is 5.26 Å². The molecule has 5 nitrogen and oxygen atoms in total. The quantitative estimate of drug-likeness (QED) is 0.734. The Morgan fingerprint density at radius 2 is 1.77 bits per heavy atom. The first-order valence-electron chi connectivity index (χ1n) is 11.5. The van der Waals surface area contributed by atoms with Crippen LogP contribution in [-0.4, -0.2) is 80.8 Å². The van der Waals surface area contributed by atoms with Gasteiger partial charge < -0.3 is 9.64 Å². The van der Waals surface area contributed by atoms with Crippen molar-refractivity contribution in [2.24, 2.45) is 0 Å². The number of morpholine rings is 1. The van der Waals surface area contributed by atoms with Gasteiger partial charge in [-0.15, -0.1) is 0 Å². The van der Waals surface area contributed by atoms with E-state index in [2.05, 4.69) is 70.3 Å².